The van der Waals surface area contributed by atoms with Crippen LogP contribution < -0.4 is 0 Å². The van der Waals surface area contributed by atoms with E-state index in [1.807, 2.05) is 0 Å². The Morgan fingerprint density at radius 3 is 0.410 bits per heavy atom. The van der Waals surface area contributed by atoms with Crippen molar-refractivity contribution in [3.63, 3.8) is 0 Å². The molecule has 0 aliphatic carbocycles. The molecule has 0 aromatic heterocycles. The van der Waals surface area contributed by atoms with Crippen LogP contribution in [0.4, 0.5) is 0 Å². The zero-order valence-electron chi connectivity index (χ0n) is 44.3. The van der Waals surface area contributed by atoms with Gasteiger partial charge in [-0.05, 0) is 0 Å². The third-order valence-electron chi connectivity index (χ3n) is 15.6. The molecule has 0 spiro atoms. The Morgan fingerprint density at radius 1 is 0.180 bits per heavy atom. The topological polar surface area (TPSA) is 0 Å². The van der Waals surface area contributed by atoms with E-state index in [0.29, 0.717) is 0 Å². The molecule has 0 amide bonds. The van der Waals surface area contributed by atoms with Crippen molar-refractivity contribution in [2.75, 3.05) is 18.5 Å². The third kappa shape index (κ3) is 46.8. The summed E-state index contributed by atoms with van der Waals surface area (Å²) in [6, 6.07) is 0. The van der Waals surface area contributed by atoms with E-state index in [2.05, 4.69) is 34.6 Å². The Labute approximate surface area is 391 Å². The predicted octanol–water partition coefficient (Wildman–Crippen LogP) is 23.1. The summed E-state index contributed by atoms with van der Waals surface area (Å²) in [6.45, 7) is 12.3. The molecule has 0 aromatic carbocycles. The zero-order valence-corrected chi connectivity index (χ0v) is 45.3. The van der Waals surface area contributed by atoms with Gasteiger partial charge in [0.05, 0.1) is 0 Å². The van der Waals surface area contributed by atoms with E-state index in [9.17, 15) is 0 Å². The summed E-state index contributed by atoms with van der Waals surface area (Å²) in [4.78, 5) is 0. The third-order valence-corrected chi connectivity index (χ3v) is 22.1. The minimum atomic E-state index is -1.20. The molecule has 0 heterocycles. The van der Waals surface area contributed by atoms with E-state index in [0.717, 1.165) is 5.66 Å². The molecule has 0 saturated carbocycles. The molecule has 0 aliphatic rings. The second-order valence-corrected chi connectivity index (χ2v) is 27.1. The second kappa shape index (κ2) is 53.0. The van der Waals surface area contributed by atoms with Gasteiger partial charge in [-0.2, -0.15) is 0 Å². The van der Waals surface area contributed by atoms with Crippen molar-refractivity contribution in [1.82, 2.24) is 0 Å². The van der Waals surface area contributed by atoms with E-state index in [4.69, 9.17) is 0 Å². The van der Waals surface area contributed by atoms with Crippen LogP contribution in [0.3, 0.4) is 0 Å². The van der Waals surface area contributed by atoms with Crippen LogP contribution in [-0.4, -0.2) is 24.1 Å². The van der Waals surface area contributed by atoms with Crippen LogP contribution in [0.1, 0.15) is 362 Å². The Kier molecular flexibility index (Phi) is 53.4. The molecule has 0 unspecified atom stereocenters. The van der Waals surface area contributed by atoms with Crippen LogP contribution in [-0.2, 0) is 0 Å². The first-order valence-corrected chi connectivity index (χ1v) is 32.8. The van der Waals surface area contributed by atoms with Gasteiger partial charge in [-0.25, -0.2) is 0 Å². The molecule has 0 fully saturated rings. The van der Waals surface area contributed by atoms with E-state index in [1.54, 1.807) is 37.7 Å². The summed E-state index contributed by atoms with van der Waals surface area (Å²) < 4.78 is 0. The first-order chi connectivity index (χ1) is 30.1. The summed E-state index contributed by atoms with van der Waals surface area (Å²) in [5.41, 5.74) is 0.982. The number of unbranched alkanes of at least 4 members (excludes halogenated alkanes) is 48. The fourth-order valence-electron chi connectivity index (χ4n) is 10.8. The Hall–Kier alpha value is 0.430. The molecular formula is C60H125P. The van der Waals surface area contributed by atoms with Gasteiger partial charge >= 0.3 is 257 Å². The molecule has 0 bridgehead atoms. The van der Waals surface area contributed by atoms with Gasteiger partial charge in [-0.15, -0.1) is 0 Å². The summed E-state index contributed by atoms with van der Waals surface area (Å²) in [6.07, 6.45) is 80.9. The molecule has 0 N–H and O–H groups in total. The van der Waals surface area contributed by atoms with Crippen molar-refractivity contribution in [1.29, 1.82) is 0 Å². The normalized spacial score (nSPS) is 12.4. The average molecular weight is 878 g/mol. The molecule has 1 heteroatoms. The monoisotopic (exact) mass is 877 g/mol. The van der Waals surface area contributed by atoms with Crippen LogP contribution in [0.2, 0.25) is 0 Å². The van der Waals surface area contributed by atoms with E-state index >= 15 is 0 Å². The fraction of sp³-hybridized carbons (Fsp3) is 1.00. The molecule has 0 atom stereocenters. The van der Waals surface area contributed by atoms with Crippen LogP contribution in [0.5, 0.6) is 0 Å². The van der Waals surface area contributed by atoms with Crippen LogP contribution >= 0.6 is 7.26 Å². The maximum absolute atomic E-state index is 2.67. The van der Waals surface area contributed by atoms with Gasteiger partial charge in [0.1, 0.15) is 0 Å². The zero-order chi connectivity index (χ0) is 44.3. The van der Waals surface area contributed by atoms with E-state index in [1.165, 1.54) is 308 Å². The molecule has 61 heavy (non-hydrogen) atoms. The maximum atomic E-state index is 2.67. The van der Waals surface area contributed by atoms with Crippen LogP contribution in [0.25, 0.3) is 0 Å². The van der Waals surface area contributed by atoms with Crippen LogP contribution in [0, 0.1) is 0 Å². The molecule has 0 aliphatic heterocycles. The first-order valence-electron chi connectivity index (χ1n) is 30.1. The Balaban J connectivity index is 4.31. The first kappa shape index (κ1) is 61.4. The summed E-state index contributed by atoms with van der Waals surface area (Å²) in [5, 5.41) is 0. The van der Waals surface area contributed by atoms with Crippen molar-refractivity contribution in [2.24, 2.45) is 0 Å². The van der Waals surface area contributed by atoms with Gasteiger partial charge in [0.2, 0.25) is 0 Å². The van der Waals surface area contributed by atoms with Gasteiger partial charge in [0.15, 0.2) is 0 Å². The van der Waals surface area contributed by atoms with Crippen molar-refractivity contribution < 1.29 is 0 Å². The average Bonchev–Trinajstić information content (AvgIpc) is 3.26. The summed E-state index contributed by atoms with van der Waals surface area (Å²) in [5.74, 6) is 0. The van der Waals surface area contributed by atoms with Gasteiger partial charge in [-0.3, -0.25) is 0 Å². The SMILES string of the molecule is CCCCCCCCCCCCCCCCCCC[PH](CCCCCCCCCCCCCCCCCCC)(CCCCCCCCCCCCCCCCCCC)C(C)C. The van der Waals surface area contributed by atoms with Crippen molar-refractivity contribution in [3.05, 3.63) is 0 Å². The summed E-state index contributed by atoms with van der Waals surface area (Å²) >= 11 is 0. The Morgan fingerprint density at radius 2 is 0.295 bits per heavy atom. The van der Waals surface area contributed by atoms with Crippen molar-refractivity contribution in [3.8, 4) is 0 Å². The minimum absolute atomic E-state index is 0.982. The molecule has 0 aromatic rings. The van der Waals surface area contributed by atoms with E-state index < -0.39 is 7.26 Å². The number of rotatable bonds is 55. The standard InChI is InChI=1S/C60H125P/c1-6-9-12-15-18-21-24-27-30-33-36-39-42-45-48-51-54-57-61(60(4)5,58-55-52-49-46-43-40-37-34-31-28-25-22-19-16-13-10-7-2)59-56-53-50-47-44-41-38-35-32-29-26-23-20-17-14-11-8-3/h60-61H,6-59H2,1-5H3. The summed E-state index contributed by atoms with van der Waals surface area (Å²) in [7, 11) is -1.20. The number of hydrogen-bond donors (Lipinski definition) is 0. The second-order valence-electron chi connectivity index (χ2n) is 21.7. The Bertz CT molecular complexity index is 663. The molecule has 0 nitrogen and oxygen atoms in total. The predicted molar refractivity (Wildman–Crippen MR) is 291 cm³/mol. The van der Waals surface area contributed by atoms with Gasteiger partial charge < -0.3 is 0 Å². The molecule has 0 radical (unpaired) electrons. The van der Waals surface area contributed by atoms with Crippen molar-refractivity contribution >= 4 is 7.26 Å². The molecule has 0 rings (SSSR count). The van der Waals surface area contributed by atoms with Gasteiger partial charge in [0, 0.05) is 0 Å². The quantitative estimate of drug-likeness (QED) is 0.0422. The van der Waals surface area contributed by atoms with Gasteiger partial charge in [-0.1, -0.05) is 136 Å². The molecule has 0 saturated heterocycles. The van der Waals surface area contributed by atoms with Crippen molar-refractivity contribution in [2.45, 2.75) is 368 Å². The fourth-order valence-corrected chi connectivity index (χ4v) is 16.2. The van der Waals surface area contributed by atoms with Crippen LogP contribution in [0.15, 0.2) is 0 Å². The molecule has 370 valence electrons. The number of hydrogen-bond acceptors (Lipinski definition) is 0. The van der Waals surface area contributed by atoms with E-state index in [-0.39, 0.29) is 0 Å². The van der Waals surface area contributed by atoms with Gasteiger partial charge in [0.25, 0.3) is 0 Å². The molecular weight excluding hydrogens is 752 g/mol.